The van der Waals surface area contributed by atoms with Crippen LogP contribution in [0.3, 0.4) is 0 Å². The molecule has 0 aliphatic carbocycles. The molecule has 208 valence electrons. The molecule has 0 heterocycles. The van der Waals surface area contributed by atoms with Crippen molar-refractivity contribution >= 4 is 43.5 Å². The minimum absolute atomic E-state index is 0.0930. The van der Waals surface area contributed by atoms with Crippen molar-refractivity contribution in [2.75, 3.05) is 24.2 Å². The maximum Gasteiger partial charge on any atom is 0.242 e. The lowest BCUT2D eigenvalue weighted by Gasteiger charge is -2.32. The molecule has 0 bridgehead atoms. The largest absolute Gasteiger partial charge is 0.357 e. The first-order valence-corrected chi connectivity index (χ1v) is 15.5. The predicted molar refractivity (Wildman–Crippen MR) is 160 cm³/mol. The summed E-state index contributed by atoms with van der Waals surface area (Å²) in [5.41, 5.74) is 4.32. The summed E-state index contributed by atoms with van der Waals surface area (Å²) in [5.74, 6) is -0.464. The van der Waals surface area contributed by atoms with Crippen LogP contribution in [0.1, 0.15) is 35.1 Å². The smallest absolute Gasteiger partial charge is 0.242 e. The van der Waals surface area contributed by atoms with E-state index in [1.165, 1.54) is 10.6 Å². The molecule has 1 atom stereocenters. The van der Waals surface area contributed by atoms with E-state index >= 15 is 0 Å². The van der Waals surface area contributed by atoms with E-state index in [0.717, 1.165) is 26.7 Å². The van der Waals surface area contributed by atoms with Gasteiger partial charge in [0.2, 0.25) is 21.8 Å². The van der Waals surface area contributed by atoms with Crippen LogP contribution in [0.2, 0.25) is 0 Å². The van der Waals surface area contributed by atoms with Crippen LogP contribution in [0, 0.1) is 13.8 Å². The van der Waals surface area contributed by atoms with E-state index in [1.807, 2.05) is 80.6 Å². The van der Waals surface area contributed by atoms with Crippen molar-refractivity contribution in [3.63, 3.8) is 0 Å². The number of halogens is 1. The fourth-order valence-electron chi connectivity index (χ4n) is 4.50. The van der Waals surface area contributed by atoms with Crippen LogP contribution in [-0.2, 0) is 32.6 Å². The Morgan fingerprint density at radius 3 is 2.21 bits per heavy atom. The second-order valence-electron chi connectivity index (χ2n) is 9.63. The SMILES string of the molecule is CNC(=O)C(Cc1ccccc1)N(Cc1ccc(Br)cc1)C(=O)CCCN(c1cccc(C)c1C)S(C)(=O)=O. The number of benzene rings is 3. The summed E-state index contributed by atoms with van der Waals surface area (Å²) < 4.78 is 27.7. The molecule has 3 rings (SSSR count). The normalized spacial score (nSPS) is 12.0. The average Bonchev–Trinajstić information content (AvgIpc) is 2.91. The van der Waals surface area contributed by atoms with Crippen LogP contribution in [0.15, 0.2) is 77.3 Å². The molecule has 1 N–H and O–H groups in total. The Labute approximate surface area is 240 Å². The van der Waals surface area contributed by atoms with Gasteiger partial charge in [0.05, 0.1) is 11.9 Å². The first-order valence-electron chi connectivity index (χ1n) is 12.8. The molecule has 0 fully saturated rings. The Hall–Kier alpha value is -3.17. The monoisotopic (exact) mass is 613 g/mol. The van der Waals surface area contributed by atoms with E-state index in [2.05, 4.69) is 21.2 Å². The molecular formula is C30H36BrN3O4S. The highest BCUT2D eigenvalue weighted by molar-refractivity contribution is 9.10. The lowest BCUT2D eigenvalue weighted by atomic mass is 10.0. The molecule has 9 heteroatoms. The first-order chi connectivity index (χ1) is 18.5. The van der Waals surface area contributed by atoms with Crippen LogP contribution in [-0.4, -0.2) is 51.0 Å². The number of likely N-dealkylation sites (N-methyl/N-ethyl adjacent to an activating group) is 1. The standard InChI is InChI=1S/C30H36BrN3O4S/c1-22-10-8-13-27(23(22)2)34(39(4,37)38)19-9-14-29(35)33(21-25-15-17-26(31)18-16-25)28(30(36)32-3)20-24-11-6-5-7-12-24/h5-8,10-13,15-18,28H,9,14,19-21H2,1-4H3,(H,32,36). The van der Waals surface area contributed by atoms with Crippen LogP contribution in [0.4, 0.5) is 5.69 Å². The number of rotatable bonds is 12. The Kier molecular flexibility index (Phi) is 10.7. The van der Waals surface area contributed by atoms with Gasteiger partial charge in [0.25, 0.3) is 0 Å². The summed E-state index contributed by atoms with van der Waals surface area (Å²) in [4.78, 5) is 28.4. The summed E-state index contributed by atoms with van der Waals surface area (Å²) in [7, 11) is -2.00. The van der Waals surface area contributed by atoms with E-state index in [9.17, 15) is 18.0 Å². The zero-order valence-corrected chi connectivity index (χ0v) is 25.3. The fourth-order valence-corrected chi connectivity index (χ4v) is 5.78. The topological polar surface area (TPSA) is 86.8 Å². The molecule has 1 unspecified atom stereocenters. The molecule has 7 nitrogen and oxygen atoms in total. The van der Waals surface area contributed by atoms with Crippen molar-refractivity contribution in [3.8, 4) is 0 Å². The molecule has 0 saturated carbocycles. The van der Waals surface area contributed by atoms with Crippen LogP contribution >= 0.6 is 15.9 Å². The van der Waals surface area contributed by atoms with Crippen molar-refractivity contribution < 1.29 is 18.0 Å². The molecular weight excluding hydrogens is 578 g/mol. The lowest BCUT2D eigenvalue weighted by molar-refractivity contribution is -0.141. The van der Waals surface area contributed by atoms with Gasteiger partial charge < -0.3 is 10.2 Å². The average molecular weight is 615 g/mol. The highest BCUT2D eigenvalue weighted by atomic mass is 79.9. The minimum Gasteiger partial charge on any atom is -0.357 e. The fraction of sp³-hybridized carbons (Fsp3) is 0.333. The third-order valence-electron chi connectivity index (χ3n) is 6.78. The molecule has 0 saturated heterocycles. The number of amides is 2. The Morgan fingerprint density at radius 1 is 0.923 bits per heavy atom. The second-order valence-corrected chi connectivity index (χ2v) is 12.4. The quantitative estimate of drug-likeness (QED) is 0.311. The molecule has 39 heavy (non-hydrogen) atoms. The van der Waals surface area contributed by atoms with E-state index in [0.29, 0.717) is 18.5 Å². The van der Waals surface area contributed by atoms with Gasteiger partial charge in [-0.25, -0.2) is 8.42 Å². The Balaban J connectivity index is 1.86. The number of carbonyl (C=O) groups excluding carboxylic acids is 2. The van der Waals surface area contributed by atoms with Crippen molar-refractivity contribution in [3.05, 3.63) is 99.5 Å². The first kappa shape index (κ1) is 30.4. The highest BCUT2D eigenvalue weighted by Crippen LogP contribution is 2.26. The number of sulfonamides is 1. The Bertz CT molecular complexity index is 1380. The van der Waals surface area contributed by atoms with Gasteiger partial charge in [-0.15, -0.1) is 0 Å². The van der Waals surface area contributed by atoms with Crippen molar-refractivity contribution in [1.29, 1.82) is 0 Å². The van der Waals surface area contributed by atoms with E-state index in [4.69, 9.17) is 0 Å². The number of carbonyl (C=O) groups is 2. The number of nitrogens with one attached hydrogen (secondary N) is 1. The highest BCUT2D eigenvalue weighted by Gasteiger charge is 2.30. The lowest BCUT2D eigenvalue weighted by Crippen LogP contribution is -2.49. The van der Waals surface area contributed by atoms with Gasteiger partial charge in [-0.1, -0.05) is 70.5 Å². The van der Waals surface area contributed by atoms with E-state index < -0.39 is 16.1 Å². The zero-order valence-electron chi connectivity index (χ0n) is 22.9. The molecule has 0 aliphatic rings. The second kappa shape index (κ2) is 13.8. The molecule has 0 aliphatic heterocycles. The third kappa shape index (κ3) is 8.41. The van der Waals surface area contributed by atoms with Crippen molar-refractivity contribution in [1.82, 2.24) is 10.2 Å². The van der Waals surface area contributed by atoms with Crippen LogP contribution < -0.4 is 9.62 Å². The maximum absolute atomic E-state index is 13.7. The number of anilines is 1. The summed E-state index contributed by atoms with van der Waals surface area (Å²) in [6, 6.07) is 22.1. The van der Waals surface area contributed by atoms with Gasteiger partial charge >= 0.3 is 0 Å². The zero-order chi connectivity index (χ0) is 28.6. The summed E-state index contributed by atoms with van der Waals surface area (Å²) in [5, 5.41) is 2.71. The molecule has 0 spiro atoms. The third-order valence-corrected chi connectivity index (χ3v) is 8.49. The summed E-state index contributed by atoms with van der Waals surface area (Å²) >= 11 is 3.44. The number of hydrogen-bond donors (Lipinski definition) is 1. The van der Waals surface area contributed by atoms with Gasteiger partial charge in [-0.2, -0.15) is 0 Å². The Morgan fingerprint density at radius 2 is 1.59 bits per heavy atom. The van der Waals surface area contributed by atoms with Gasteiger partial charge in [-0.05, 0) is 60.7 Å². The molecule has 2 amide bonds. The van der Waals surface area contributed by atoms with Gasteiger partial charge in [-0.3, -0.25) is 13.9 Å². The van der Waals surface area contributed by atoms with E-state index in [-0.39, 0.29) is 31.3 Å². The summed E-state index contributed by atoms with van der Waals surface area (Å²) in [6.45, 7) is 4.24. The van der Waals surface area contributed by atoms with Gasteiger partial charge in [0.1, 0.15) is 6.04 Å². The van der Waals surface area contributed by atoms with E-state index in [1.54, 1.807) is 18.0 Å². The molecule has 3 aromatic rings. The molecule has 3 aromatic carbocycles. The molecule has 0 radical (unpaired) electrons. The van der Waals surface area contributed by atoms with Crippen LogP contribution in [0.25, 0.3) is 0 Å². The summed E-state index contributed by atoms with van der Waals surface area (Å²) in [6.07, 6.45) is 1.94. The minimum atomic E-state index is -3.56. The molecule has 0 aromatic heterocycles. The van der Waals surface area contributed by atoms with Gasteiger partial charge in [0, 0.05) is 37.5 Å². The van der Waals surface area contributed by atoms with Gasteiger partial charge in [0.15, 0.2) is 0 Å². The van der Waals surface area contributed by atoms with Crippen LogP contribution in [0.5, 0.6) is 0 Å². The predicted octanol–water partition coefficient (Wildman–Crippen LogP) is 5.00. The number of hydrogen-bond acceptors (Lipinski definition) is 4. The van der Waals surface area contributed by atoms with Crippen molar-refractivity contribution in [2.24, 2.45) is 0 Å². The number of nitrogens with zero attached hydrogens (tertiary/aromatic N) is 2. The maximum atomic E-state index is 13.7. The van der Waals surface area contributed by atoms with Crippen molar-refractivity contribution in [2.45, 2.75) is 45.7 Å². The number of aryl methyl sites for hydroxylation is 1.